The highest BCUT2D eigenvalue weighted by Gasteiger charge is 2.39. The number of esters is 1. The van der Waals surface area contributed by atoms with Crippen molar-refractivity contribution in [1.82, 2.24) is 15.2 Å². The molecule has 3 atom stereocenters. The molecule has 1 aliphatic heterocycles. The molecule has 2 heterocycles. The number of hydrogen-bond acceptors (Lipinski definition) is 5. The number of pyridine rings is 1. The van der Waals surface area contributed by atoms with Crippen LogP contribution in [0, 0.1) is 5.92 Å². The lowest BCUT2D eigenvalue weighted by Gasteiger charge is -2.30. The molecule has 7 heteroatoms. The van der Waals surface area contributed by atoms with Crippen LogP contribution in [0.4, 0.5) is 0 Å². The largest absolute Gasteiger partial charge is 0.467 e. The first-order valence-corrected chi connectivity index (χ1v) is 8.59. The Morgan fingerprint density at radius 2 is 2.16 bits per heavy atom. The molecule has 1 aliphatic rings. The number of amides is 2. The Kier molecular flexibility index (Phi) is 6.50. The fraction of sp³-hybridized carbons (Fsp3) is 0.556. The summed E-state index contributed by atoms with van der Waals surface area (Å²) in [7, 11) is 1.32. The predicted octanol–water partition coefficient (Wildman–Crippen LogP) is 1.39. The monoisotopic (exact) mass is 347 g/mol. The van der Waals surface area contributed by atoms with Gasteiger partial charge in [0.1, 0.15) is 17.8 Å². The second-order valence-electron chi connectivity index (χ2n) is 6.26. The van der Waals surface area contributed by atoms with Gasteiger partial charge in [0.25, 0.3) is 5.91 Å². The zero-order chi connectivity index (χ0) is 18.4. The second-order valence-corrected chi connectivity index (χ2v) is 6.26. The number of carbonyl (C=O) groups is 3. The molecule has 7 nitrogen and oxygen atoms in total. The molecule has 0 saturated carbocycles. The minimum Gasteiger partial charge on any atom is -0.467 e. The summed E-state index contributed by atoms with van der Waals surface area (Å²) < 4.78 is 4.80. The molecule has 1 fully saturated rings. The Morgan fingerprint density at radius 1 is 1.40 bits per heavy atom. The lowest BCUT2D eigenvalue weighted by molar-refractivity contribution is -0.152. The molecule has 25 heavy (non-hydrogen) atoms. The van der Waals surface area contributed by atoms with Crippen molar-refractivity contribution in [2.24, 2.45) is 5.92 Å². The number of hydrogen-bond donors (Lipinski definition) is 1. The van der Waals surface area contributed by atoms with Crippen molar-refractivity contribution in [2.75, 3.05) is 13.7 Å². The Bertz CT molecular complexity index is 620. The van der Waals surface area contributed by atoms with Crippen LogP contribution >= 0.6 is 0 Å². The summed E-state index contributed by atoms with van der Waals surface area (Å²) in [6.45, 7) is 4.36. The molecule has 0 unspecified atom stereocenters. The third kappa shape index (κ3) is 4.35. The fourth-order valence-electron chi connectivity index (χ4n) is 2.99. The minimum atomic E-state index is -0.704. The average Bonchev–Trinajstić information content (AvgIpc) is 3.14. The van der Waals surface area contributed by atoms with Gasteiger partial charge < -0.3 is 15.0 Å². The Balaban J connectivity index is 2.17. The third-order valence-electron chi connectivity index (χ3n) is 4.67. The molecular weight excluding hydrogens is 322 g/mol. The van der Waals surface area contributed by atoms with Crippen molar-refractivity contribution in [1.29, 1.82) is 0 Å². The highest BCUT2D eigenvalue weighted by atomic mass is 16.5. The van der Waals surface area contributed by atoms with E-state index in [0.29, 0.717) is 13.0 Å². The zero-order valence-electron chi connectivity index (χ0n) is 14.9. The normalized spacial score (nSPS) is 19.2. The van der Waals surface area contributed by atoms with E-state index in [1.807, 2.05) is 13.8 Å². The number of carbonyl (C=O) groups excluding carboxylic acids is 3. The molecule has 1 N–H and O–H groups in total. The van der Waals surface area contributed by atoms with E-state index in [0.717, 1.165) is 12.8 Å². The van der Waals surface area contributed by atoms with E-state index in [2.05, 4.69) is 10.3 Å². The van der Waals surface area contributed by atoms with Gasteiger partial charge in [-0.1, -0.05) is 26.3 Å². The van der Waals surface area contributed by atoms with Crippen LogP contribution in [0.15, 0.2) is 24.4 Å². The van der Waals surface area contributed by atoms with E-state index < -0.39 is 24.0 Å². The maximum atomic E-state index is 13.0. The van der Waals surface area contributed by atoms with Crippen LogP contribution in [-0.2, 0) is 14.3 Å². The van der Waals surface area contributed by atoms with Crippen molar-refractivity contribution in [3.8, 4) is 0 Å². The Labute approximate surface area is 147 Å². The molecule has 2 rings (SSSR count). The van der Waals surface area contributed by atoms with Gasteiger partial charge in [-0.3, -0.25) is 14.6 Å². The molecule has 0 aromatic carbocycles. The van der Waals surface area contributed by atoms with E-state index in [4.69, 9.17) is 4.74 Å². The third-order valence-corrected chi connectivity index (χ3v) is 4.67. The number of nitrogens with zero attached hydrogens (tertiary/aromatic N) is 2. The summed E-state index contributed by atoms with van der Waals surface area (Å²) in [4.78, 5) is 42.9. The lowest BCUT2D eigenvalue weighted by atomic mass is 9.97. The zero-order valence-corrected chi connectivity index (χ0v) is 14.9. The Hall–Kier alpha value is -2.44. The molecule has 1 saturated heterocycles. The van der Waals surface area contributed by atoms with Crippen molar-refractivity contribution in [2.45, 2.75) is 45.2 Å². The maximum Gasteiger partial charge on any atom is 0.328 e. The van der Waals surface area contributed by atoms with Crippen molar-refractivity contribution >= 4 is 17.8 Å². The van der Waals surface area contributed by atoms with Gasteiger partial charge in [0, 0.05) is 12.7 Å². The molecule has 0 radical (unpaired) electrons. The summed E-state index contributed by atoms with van der Waals surface area (Å²) in [5.41, 5.74) is 0.259. The smallest absolute Gasteiger partial charge is 0.328 e. The molecule has 2 amide bonds. The molecule has 1 aromatic heterocycles. The molecule has 1 aromatic rings. The van der Waals surface area contributed by atoms with Crippen molar-refractivity contribution in [3.63, 3.8) is 0 Å². The number of methoxy groups -OCH3 is 1. The number of likely N-dealkylation sites (tertiary alicyclic amines) is 1. The Morgan fingerprint density at radius 3 is 2.76 bits per heavy atom. The van der Waals surface area contributed by atoms with Gasteiger partial charge in [-0.25, -0.2) is 4.79 Å². The van der Waals surface area contributed by atoms with Crippen molar-refractivity contribution < 1.29 is 19.1 Å². The van der Waals surface area contributed by atoms with Crippen LogP contribution in [0.3, 0.4) is 0 Å². The highest BCUT2D eigenvalue weighted by molar-refractivity contribution is 5.97. The van der Waals surface area contributed by atoms with E-state index in [-0.39, 0.29) is 17.5 Å². The van der Waals surface area contributed by atoms with E-state index in [1.165, 1.54) is 18.2 Å². The number of aromatic nitrogens is 1. The standard InChI is InChI=1S/C18H25N3O4/c1-4-12(2)15(20-16(22)13-8-5-6-10-19-13)17(23)21-11-7-9-14(21)18(24)25-3/h5-6,8,10,12,14-15H,4,7,9,11H2,1-3H3,(H,20,22)/t12-,14-,15-/m0/s1. The first-order valence-electron chi connectivity index (χ1n) is 8.59. The van der Waals surface area contributed by atoms with Gasteiger partial charge in [-0.2, -0.15) is 0 Å². The number of rotatable bonds is 6. The average molecular weight is 347 g/mol. The number of nitrogens with one attached hydrogen (secondary N) is 1. The van der Waals surface area contributed by atoms with Crippen LogP contribution in [0.2, 0.25) is 0 Å². The summed E-state index contributed by atoms with van der Waals surface area (Å²) in [5.74, 6) is -1.12. The van der Waals surface area contributed by atoms with Gasteiger partial charge in [0.15, 0.2) is 0 Å². The quantitative estimate of drug-likeness (QED) is 0.786. The maximum absolute atomic E-state index is 13.0. The highest BCUT2D eigenvalue weighted by Crippen LogP contribution is 2.22. The van der Waals surface area contributed by atoms with Crippen LogP contribution in [0.25, 0.3) is 0 Å². The summed E-state index contributed by atoms with van der Waals surface area (Å²) >= 11 is 0. The van der Waals surface area contributed by atoms with E-state index in [9.17, 15) is 14.4 Å². The van der Waals surface area contributed by atoms with E-state index >= 15 is 0 Å². The molecule has 0 aliphatic carbocycles. The van der Waals surface area contributed by atoms with Gasteiger partial charge in [-0.15, -0.1) is 0 Å². The summed E-state index contributed by atoms with van der Waals surface area (Å²) in [5, 5.41) is 2.79. The van der Waals surface area contributed by atoms with E-state index in [1.54, 1.807) is 18.2 Å². The predicted molar refractivity (Wildman–Crippen MR) is 91.7 cm³/mol. The van der Waals surface area contributed by atoms with Gasteiger partial charge >= 0.3 is 5.97 Å². The van der Waals surface area contributed by atoms with Gasteiger partial charge in [0.2, 0.25) is 5.91 Å². The van der Waals surface area contributed by atoms with Gasteiger partial charge in [0.05, 0.1) is 7.11 Å². The molecule has 0 bridgehead atoms. The minimum absolute atomic E-state index is 0.0703. The molecule has 136 valence electrons. The van der Waals surface area contributed by atoms with Gasteiger partial charge in [-0.05, 0) is 30.9 Å². The van der Waals surface area contributed by atoms with Crippen molar-refractivity contribution in [3.05, 3.63) is 30.1 Å². The number of ether oxygens (including phenoxy) is 1. The second kappa shape index (κ2) is 8.60. The fourth-order valence-corrected chi connectivity index (χ4v) is 2.99. The van der Waals surface area contributed by atoms with Crippen LogP contribution in [-0.4, -0.2) is 53.4 Å². The molecule has 0 spiro atoms. The SMILES string of the molecule is CC[C@H](C)[C@H](NC(=O)c1ccccn1)C(=O)N1CCC[C@H]1C(=O)OC. The van der Waals surface area contributed by atoms with Crippen LogP contribution in [0.1, 0.15) is 43.6 Å². The lowest BCUT2D eigenvalue weighted by Crippen LogP contribution is -2.54. The molecular formula is C18H25N3O4. The first-order chi connectivity index (χ1) is 12.0. The van der Waals surface area contributed by atoms with Crippen LogP contribution in [0.5, 0.6) is 0 Å². The topological polar surface area (TPSA) is 88.6 Å². The van der Waals surface area contributed by atoms with Crippen LogP contribution < -0.4 is 5.32 Å². The summed E-state index contributed by atoms with van der Waals surface area (Å²) in [6, 6.07) is 3.76. The first kappa shape index (κ1) is 18.9. The summed E-state index contributed by atoms with van der Waals surface area (Å²) in [6.07, 6.45) is 3.57.